The molecule has 2 aliphatic rings. The fourth-order valence-electron chi connectivity index (χ4n) is 4.49. The Morgan fingerprint density at radius 1 is 1.04 bits per heavy atom. The average Bonchev–Trinajstić information content (AvgIpc) is 3.09. The number of aromatic nitrogens is 2. The predicted molar refractivity (Wildman–Crippen MR) is 104 cm³/mol. The molecule has 1 aromatic heterocycles. The molecule has 1 amide bonds. The maximum atomic E-state index is 12.4. The van der Waals surface area contributed by atoms with Gasteiger partial charge in [-0.2, -0.15) is 0 Å². The second-order valence-electron chi connectivity index (χ2n) is 7.67. The first-order chi connectivity index (χ1) is 12.6. The molecular formula is C22H25N3O. The fourth-order valence-corrected chi connectivity index (χ4v) is 4.49. The summed E-state index contributed by atoms with van der Waals surface area (Å²) in [6, 6.07) is 7.54. The number of amides is 1. The topological polar surface area (TPSA) is 54.9 Å². The molecular weight excluding hydrogens is 322 g/mol. The third-order valence-electron chi connectivity index (χ3n) is 5.96. The van der Waals surface area contributed by atoms with Gasteiger partial charge in [0.1, 0.15) is 0 Å². The maximum Gasteiger partial charge on any atom is 0.257 e. The lowest BCUT2D eigenvalue weighted by Crippen LogP contribution is -2.17. The van der Waals surface area contributed by atoms with Gasteiger partial charge in [0.25, 0.3) is 5.91 Å². The van der Waals surface area contributed by atoms with Crippen LogP contribution in [0.2, 0.25) is 0 Å². The van der Waals surface area contributed by atoms with E-state index in [1.54, 1.807) is 6.20 Å². The molecule has 4 nitrogen and oxygen atoms in total. The van der Waals surface area contributed by atoms with E-state index >= 15 is 0 Å². The molecule has 4 heteroatoms. The molecule has 1 N–H and O–H groups in total. The zero-order chi connectivity index (χ0) is 18.1. The summed E-state index contributed by atoms with van der Waals surface area (Å²) >= 11 is 0. The molecule has 0 bridgehead atoms. The zero-order valence-electron chi connectivity index (χ0n) is 15.5. The lowest BCUT2D eigenvalue weighted by molar-refractivity contribution is 0.102. The van der Waals surface area contributed by atoms with Gasteiger partial charge in [-0.25, -0.2) is 4.98 Å². The van der Waals surface area contributed by atoms with Crippen LogP contribution < -0.4 is 5.32 Å². The summed E-state index contributed by atoms with van der Waals surface area (Å²) in [6.45, 7) is 4.16. The molecule has 2 unspecified atom stereocenters. The number of allylic oxidation sites excluding steroid dienone is 2. The van der Waals surface area contributed by atoms with Gasteiger partial charge in [-0.05, 0) is 68.6 Å². The number of anilines is 1. The third kappa shape index (κ3) is 3.28. The SMILES string of the molecule is CC1=C(c2cnc(NC(=O)c3ccccc3C)cn2)CC2CCCC2C1. The van der Waals surface area contributed by atoms with Gasteiger partial charge in [0.2, 0.25) is 0 Å². The Bertz CT molecular complexity index is 854. The lowest BCUT2D eigenvalue weighted by Gasteiger charge is -2.28. The minimum Gasteiger partial charge on any atom is -0.305 e. The van der Waals surface area contributed by atoms with Crippen LogP contribution in [-0.2, 0) is 0 Å². The summed E-state index contributed by atoms with van der Waals surface area (Å²) in [4.78, 5) is 21.5. The Labute approximate surface area is 154 Å². The number of aryl methyl sites for hydroxylation is 1. The summed E-state index contributed by atoms with van der Waals surface area (Å²) in [6.07, 6.45) is 9.90. The monoisotopic (exact) mass is 347 g/mol. The van der Waals surface area contributed by atoms with E-state index in [2.05, 4.69) is 22.2 Å². The first kappa shape index (κ1) is 17.0. The molecule has 2 atom stereocenters. The van der Waals surface area contributed by atoms with Gasteiger partial charge in [-0.3, -0.25) is 9.78 Å². The summed E-state index contributed by atoms with van der Waals surface area (Å²) in [5.41, 5.74) is 5.39. The van der Waals surface area contributed by atoms with Crippen LogP contribution in [0.1, 0.15) is 60.6 Å². The number of nitrogens with zero attached hydrogens (tertiary/aromatic N) is 2. The van der Waals surface area contributed by atoms with E-state index < -0.39 is 0 Å². The second kappa shape index (κ2) is 7.02. The smallest absolute Gasteiger partial charge is 0.257 e. The Kier molecular flexibility index (Phi) is 4.58. The van der Waals surface area contributed by atoms with Crippen LogP contribution in [0.3, 0.4) is 0 Å². The molecule has 1 heterocycles. The van der Waals surface area contributed by atoms with Crippen molar-refractivity contribution in [2.45, 2.75) is 46.0 Å². The highest BCUT2D eigenvalue weighted by Gasteiger charge is 2.33. The van der Waals surface area contributed by atoms with E-state index in [0.29, 0.717) is 11.4 Å². The van der Waals surface area contributed by atoms with E-state index in [0.717, 1.165) is 29.5 Å². The van der Waals surface area contributed by atoms with Crippen molar-refractivity contribution in [1.82, 2.24) is 9.97 Å². The molecule has 2 aromatic rings. The quantitative estimate of drug-likeness (QED) is 0.848. The third-order valence-corrected chi connectivity index (χ3v) is 5.96. The molecule has 2 aliphatic carbocycles. The van der Waals surface area contributed by atoms with E-state index in [-0.39, 0.29) is 5.91 Å². The standard InChI is InChI=1S/C22H25N3O/c1-14-6-3-4-9-18(14)22(26)25-21-13-23-20(12-24-21)19-11-17-8-5-7-16(17)10-15(19)2/h3-4,6,9,12-13,16-17H,5,7-8,10-11H2,1-2H3,(H,24,25,26). The highest BCUT2D eigenvalue weighted by molar-refractivity contribution is 6.04. The summed E-state index contributed by atoms with van der Waals surface area (Å²) < 4.78 is 0. The van der Waals surface area contributed by atoms with Gasteiger partial charge in [0.15, 0.2) is 5.82 Å². The van der Waals surface area contributed by atoms with Gasteiger partial charge in [-0.15, -0.1) is 0 Å². The Balaban J connectivity index is 1.49. The van der Waals surface area contributed by atoms with Crippen molar-refractivity contribution in [1.29, 1.82) is 0 Å². The second-order valence-corrected chi connectivity index (χ2v) is 7.67. The van der Waals surface area contributed by atoms with Crippen molar-refractivity contribution in [3.05, 3.63) is 59.1 Å². The number of fused-ring (bicyclic) bond motifs is 1. The van der Waals surface area contributed by atoms with E-state index in [1.807, 2.05) is 37.4 Å². The van der Waals surface area contributed by atoms with Crippen LogP contribution in [0.15, 0.2) is 42.2 Å². The van der Waals surface area contributed by atoms with E-state index in [4.69, 9.17) is 0 Å². The Morgan fingerprint density at radius 3 is 2.54 bits per heavy atom. The molecule has 1 aromatic carbocycles. The van der Waals surface area contributed by atoms with Crippen molar-refractivity contribution in [2.75, 3.05) is 5.32 Å². The van der Waals surface area contributed by atoms with E-state index in [1.165, 1.54) is 36.8 Å². The van der Waals surface area contributed by atoms with Crippen LogP contribution in [0.4, 0.5) is 5.82 Å². The van der Waals surface area contributed by atoms with Crippen LogP contribution in [-0.4, -0.2) is 15.9 Å². The van der Waals surface area contributed by atoms with Gasteiger partial charge < -0.3 is 5.32 Å². The van der Waals surface area contributed by atoms with Crippen molar-refractivity contribution in [3.8, 4) is 0 Å². The first-order valence-corrected chi connectivity index (χ1v) is 9.50. The van der Waals surface area contributed by atoms with Crippen LogP contribution in [0.5, 0.6) is 0 Å². The number of hydrogen-bond acceptors (Lipinski definition) is 3. The van der Waals surface area contributed by atoms with Gasteiger partial charge in [0, 0.05) is 5.56 Å². The van der Waals surface area contributed by atoms with Crippen molar-refractivity contribution in [2.24, 2.45) is 11.8 Å². The van der Waals surface area contributed by atoms with Crippen LogP contribution in [0.25, 0.3) is 5.57 Å². The number of hydrogen-bond donors (Lipinski definition) is 1. The molecule has 26 heavy (non-hydrogen) atoms. The Hall–Kier alpha value is -2.49. The lowest BCUT2D eigenvalue weighted by atomic mass is 9.77. The minimum atomic E-state index is -0.146. The molecule has 0 radical (unpaired) electrons. The summed E-state index contributed by atoms with van der Waals surface area (Å²) in [5.74, 6) is 2.04. The number of nitrogens with one attached hydrogen (secondary N) is 1. The molecule has 1 saturated carbocycles. The van der Waals surface area contributed by atoms with Crippen LogP contribution in [0, 0.1) is 18.8 Å². The van der Waals surface area contributed by atoms with E-state index in [9.17, 15) is 4.79 Å². The molecule has 0 saturated heterocycles. The number of rotatable bonds is 3. The number of benzene rings is 1. The van der Waals surface area contributed by atoms with Crippen molar-refractivity contribution in [3.63, 3.8) is 0 Å². The average molecular weight is 347 g/mol. The predicted octanol–water partition coefficient (Wildman–Crippen LogP) is 5.02. The van der Waals surface area contributed by atoms with Gasteiger partial charge in [0.05, 0.1) is 18.1 Å². The highest BCUT2D eigenvalue weighted by Crippen LogP contribution is 2.46. The molecule has 4 rings (SSSR count). The molecule has 1 fully saturated rings. The summed E-state index contributed by atoms with van der Waals surface area (Å²) in [5, 5.41) is 2.85. The van der Waals surface area contributed by atoms with Gasteiger partial charge in [-0.1, -0.05) is 30.2 Å². The first-order valence-electron chi connectivity index (χ1n) is 9.50. The number of carbonyl (C=O) groups is 1. The van der Waals surface area contributed by atoms with Crippen molar-refractivity contribution >= 4 is 17.3 Å². The summed E-state index contributed by atoms with van der Waals surface area (Å²) in [7, 11) is 0. The van der Waals surface area contributed by atoms with Crippen molar-refractivity contribution < 1.29 is 4.79 Å². The molecule has 0 aliphatic heterocycles. The number of carbonyl (C=O) groups excluding carboxylic acids is 1. The minimum absolute atomic E-state index is 0.146. The largest absolute Gasteiger partial charge is 0.305 e. The normalized spacial score (nSPS) is 22.2. The molecule has 0 spiro atoms. The fraction of sp³-hybridized carbons (Fsp3) is 0.409. The van der Waals surface area contributed by atoms with Crippen LogP contribution >= 0.6 is 0 Å². The highest BCUT2D eigenvalue weighted by atomic mass is 16.1. The zero-order valence-corrected chi connectivity index (χ0v) is 15.5. The maximum absolute atomic E-state index is 12.4. The van der Waals surface area contributed by atoms with Gasteiger partial charge >= 0.3 is 0 Å². The Morgan fingerprint density at radius 2 is 1.81 bits per heavy atom. The molecule has 134 valence electrons.